The topological polar surface area (TPSA) is 64.7 Å². The van der Waals surface area contributed by atoms with Gasteiger partial charge < -0.3 is 20.4 Å². The average molecular weight is 326 g/mol. The Morgan fingerprint density at radius 1 is 0.625 bits per heavy atom. The van der Waals surface area contributed by atoms with Crippen LogP contribution in [0.1, 0.15) is 0 Å². The van der Waals surface area contributed by atoms with Crippen LogP contribution < -0.4 is 20.4 Å². The van der Waals surface area contributed by atoms with Gasteiger partial charge in [-0.3, -0.25) is 9.59 Å². The first kappa shape index (κ1) is 17.3. The summed E-state index contributed by atoms with van der Waals surface area (Å²) in [5.41, 5.74) is 3.17. The van der Waals surface area contributed by atoms with E-state index in [2.05, 4.69) is 10.6 Å². The SMILES string of the molecule is CN(C)c1ccc(NC(=O)C(=O)Nc2ccc(N(C)C)cc2)cc1. The Labute approximate surface area is 142 Å². The Bertz CT molecular complexity index is 643. The highest BCUT2D eigenvalue weighted by molar-refractivity contribution is 6.43. The minimum absolute atomic E-state index is 0.573. The number of nitrogens with one attached hydrogen (secondary N) is 2. The number of hydrogen-bond donors (Lipinski definition) is 2. The van der Waals surface area contributed by atoms with Crippen molar-refractivity contribution in [3.63, 3.8) is 0 Å². The molecule has 0 saturated heterocycles. The van der Waals surface area contributed by atoms with Crippen molar-refractivity contribution < 1.29 is 9.59 Å². The molecule has 0 radical (unpaired) electrons. The van der Waals surface area contributed by atoms with Crippen molar-refractivity contribution in [1.82, 2.24) is 0 Å². The molecular weight excluding hydrogens is 304 g/mol. The van der Waals surface area contributed by atoms with Crippen molar-refractivity contribution in [1.29, 1.82) is 0 Å². The van der Waals surface area contributed by atoms with E-state index in [0.29, 0.717) is 11.4 Å². The van der Waals surface area contributed by atoms with E-state index >= 15 is 0 Å². The van der Waals surface area contributed by atoms with Gasteiger partial charge in [-0.15, -0.1) is 0 Å². The predicted octanol–water partition coefficient (Wildman–Crippen LogP) is 2.40. The van der Waals surface area contributed by atoms with Gasteiger partial charge in [0.1, 0.15) is 0 Å². The maximum absolute atomic E-state index is 12.0. The van der Waals surface area contributed by atoms with Crippen LogP contribution in [0.15, 0.2) is 48.5 Å². The van der Waals surface area contributed by atoms with Crippen LogP contribution in [-0.2, 0) is 9.59 Å². The van der Waals surface area contributed by atoms with Crippen LogP contribution in [0.2, 0.25) is 0 Å². The van der Waals surface area contributed by atoms with Gasteiger partial charge in [-0.05, 0) is 48.5 Å². The van der Waals surface area contributed by atoms with Gasteiger partial charge in [0.2, 0.25) is 0 Å². The molecule has 0 aliphatic rings. The largest absolute Gasteiger partial charge is 0.378 e. The van der Waals surface area contributed by atoms with E-state index in [-0.39, 0.29) is 0 Å². The lowest BCUT2D eigenvalue weighted by Crippen LogP contribution is -2.29. The first-order valence-electron chi connectivity index (χ1n) is 7.54. The summed E-state index contributed by atoms with van der Waals surface area (Å²) in [7, 11) is 7.73. The lowest BCUT2D eigenvalue weighted by Gasteiger charge is -2.13. The molecular formula is C18H22N4O2. The standard InChI is InChI=1S/C18H22N4O2/c1-21(2)15-9-5-13(6-10-15)19-17(23)18(24)20-14-7-11-16(12-8-14)22(3)4/h5-12H,1-4H3,(H,19,23)(H,20,24). The summed E-state index contributed by atoms with van der Waals surface area (Å²) < 4.78 is 0. The zero-order chi connectivity index (χ0) is 17.7. The summed E-state index contributed by atoms with van der Waals surface area (Å²) >= 11 is 0. The van der Waals surface area contributed by atoms with E-state index in [9.17, 15) is 9.59 Å². The molecule has 0 saturated carbocycles. The molecule has 0 unspecified atom stereocenters. The van der Waals surface area contributed by atoms with Crippen LogP contribution in [0.5, 0.6) is 0 Å². The van der Waals surface area contributed by atoms with Gasteiger partial charge >= 0.3 is 11.8 Å². The lowest BCUT2D eigenvalue weighted by atomic mass is 10.2. The quantitative estimate of drug-likeness (QED) is 0.847. The fourth-order valence-corrected chi connectivity index (χ4v) is 2.06. The fourth-order valence-electron chi connectivity index (χ4n) is 2.06. The van der Waals surface area contributed by atoms with E-state index in [1.165, 1.54) is 0 Å². The summed E-state index contributed by atoms with van der Waals surface area (Å²) in [5.74, 6) is -1.41. The maximum Gasteiger partial charge on any atom is 0.314 e. The van der Waals surface area contributed by atoms with Crippen molar-refractivity contribution in [3.05, 3.63) is 48.5 Å². The first-order valence-corrected chi connectivity index (χ1v) is 7.54. The van der Waals surface area contributed by atoms with Gasteiger partial charge in [0.25, 0.3) is 0 Å². The molecule has 0 heterocycles. The molecule has 0 bridgehead atoms. The number of anilines is 4. The third-order valence-corrected chi connectivity index (χ3v) is 3.49. The number of rotatable bonds is 4. The molecule has 0 aromatic heterocycles. The average Bonchev–Trinajstić information content (AvgIpc) is 2.55. The molecule has 2 aromatic carbocycles. The third kappa shape index (κ3) is 4.49. The molecule has 2 aromatic rings. The Balaban J connectivity index is 1.95. The summed E-state index contributed by atoms with van der Waals surface area (Å²) in [5, 5.41) is 5.16. The predicted molar refractivity (Wildman–Crippen MR) is 98.8 cm³/mol. The van der Waals surface area contributed by atoms with Gasteiger partial charge in [-0.1, -0.05) is 0 Å². The highest BCUT2D eigenvalue weighted by Crippen LogP contribution is 2.17. The molecule has 0 spiro atoms. The Morgan fingerprint density at radius 2 is 0.917 bits per heavy atom. The van der Waals surface area contributed by atoms with Crippen molar-refractivity contribution in [2.75, 3.05) is 48.6 Å². The summed E-state index contributed by atoms with van der Waals surface area (Å²) in [6, 6.07) is 14.5. The molecule has 0 aliphatic heterocycles. The minimum Gasteiger partial charge on any atom is -0.378 e. The second-order valence-corrected chi connectivity index (χ2v) is 5.79. The molecule has 0 fully saturated rings. The van der Waals surface area contributed by atoms with Gasteiger partial charge in [0.15, 0.2) is 0 Å². The van der Waals surface area contributed by atoms with Gasteiger partial charge in [-0.2, -0.15) is 0 Å². The van der Waals surface area contributed by atoms with Crippen LogP contribution >= 0.6 is 0 Å². The van der Waals surface area contributed by atoms with Crippen LogP contribution in [0.25, 0.3) is 0 Å². The number of amides is 2. The van der Waals surface area contributed by atoms with Crippen LogP contribution in [0.4, 0.5) is 22.7 Å². The van der Waals surface area contributed by atoms with Crippen LogP contribution in [0.3, 0.4) is 0 Å². The fraction of sp³-hybridized carbons (Fsp3) is 0.222. The van der Waals surface area contributed by atoms with E-state index in [1.54, 1.807) is 24.3 Å². The molecule has 2 rings (SSSR count). The van der Waals surface area contributed by atoms with Gasteiger partial charge in [0, 0.05) is 50.9 Å². The molecule has 24 heavy (non-hydrogen) atoms. The molecule has 2 N–H and O–H groups in total. The Hall–Kier alpha value is -3.02. The zero-order valence-electron chi connectivity index (χ0n) is 14.3. The van der Waals surface area contributed by atoms with E-state index in [4.69, 9.17) is 0 Å². The van der Waals surface area contributed by atoms with E-state index in [0.717, 1.165) is 11.4 Å². The molecule has 6 nitrogen and oxygen atoms in total. The minimum atomic E-state index is -0.704. The Kier molecular flexibility index (Phi) is 5.42. The zero-order valence-corrected chi connectivity index (χ0v) is 14.3. The summed E-state index contributed by atoms with van der Waals surface area (Å²) in [6.45, 7) is 0. The van der Waals surface area contributed by atoms with E-state index < -0.39 is 11.8 Å². The number of hydrogen-bond acceptors (Lipinski definition) is 4. The third-order valence-electron chi connectivity index (χ3n) is 3.49. The number of benzene rings is 2. The van der Waals surface area contributed by atoms with Gasteiger partial charge in [0.05, 0.1) is 0 Å². The van der Waals surface area contributed by atoms with E-state index in [1.807, 2.05) is 62.3 Å². The van der Waals surface area contributed by atoms with Crippen LogP contribution in [-0.4, -0.2) is 40.0 Å². The smallest absolute Gasteiger partial charge is 0.314 e. The molecule has 126 valence electrons. The highest BCUT2D eigenvalue weighted by Gasteiger charge is 2.14. The number of carbonyl (C=O) groups excluding carboxylic acids is 2. The van der Waals surface area contributed by atoms with Crippen molar-refractivity contribution in [2.24, 2.45) is 0 Å². The first-order chi connectivity index (χ1) is 11.4. The number of nitrogens with zero attached hydrogens (tertiary/aromatic N) is 2. The van der Waals surface area contributed by atoms with Crippen molar-refractivity contribution in [2.45, 2.75) is 0 Å². The molecule has 0 aliphatic carbocycles. The molecule has 6 heteroatoms. The second-order valence-electron chi connectivity index (χ2n) is 5.79. The summed E-state index contributed by atoms with van der Waals surface area (Å²) in [6.07, 6.45) is 0. The molecule has 2 amide bonds. The summed E-state index contributed by atoms with van der Waals surface area (Å²) in [4.78, 5) is 27.8. The van der Waals surface area contributed by atoms with Crippen molar-refractivity contribution in [3.8, 4) is 0 Å². The Morgan fingerprint density at radius 3 is 1.17 bits per heavy atom. The van der Waals surface area contributed by atoms with Crippen molar-refractivity contribution >= 4 is 34.6 Å². The van der Waals surface area contributed by atoms with Gasteiger partial charge in [-0.25, -0.2) is 0 Å². The monoisotopic (exact) mass is 326 g/mol. The normalized spacial score (nSPS) is 10.0. The maximum atomic E-state index is 12.0. The molecule has 0 atom stereocenters. The lowest BCUT2D eigenvalue weighted by molar-refractivity contribution is -0.132. The highest BCUT2D eigenvalue weighted by atomic mass is 16.2. The second kappa shape index (κ2) is 7.50. The number of carbonyl (C=O) groups is 2. The van der Waals surface area contributed by atoms with Crippen LogP contribution in [0, 0.1) is 0 Å².